The number of pyridine rings is 1. The van der Waals surface area contributed by atoms with Gasteiger partial charge >= 0.3 is 0 Å². The lowest BCUT2D eigenvalue weighted by molar-refractivity contribution is -0.384. The fourth-order valence-electron chi connectivity index (χ4n) is 1.85. The molecule has 2 rings (SSSR count). The Morgan fingerprint density at radius 1 is 1.36 bits per heavy atom. The molecule has 0 aliphatic rings. The number of hydrogen-bond donors (Lipinski definition) is 2. The maximum atomic E-state index is 12.1. The van der Waals surface area contributed by atoms with Gasteiger partial charge in [0, 0.05) is 36.9 Å². The van der Waals surface area contributed by atoms with Gasteiger partial charge in [-0.05, 0) is 29.8 Å². The number of carbonyl (C=O) groups excluding carboxylic acids is 1. The molecule has 0 atom stereocenters. The quantitative estimate of drug-likeness (QED) is 0.355. The number of aromatic nitrogens is 1. The summed E-state index contributed by atoms with van der Waals surface area (Å²) < 4.78 is 0. The minimum absolute atomic E-state index is 0.0435. The van der Waals surface area contributed by atoms with Crippen LogP contribution in [0.4, 0.5) is 11.4 Å². The molecule has 0 saturated carbocycles. The Balaban J connectivity index is 2.05. The summed E-state index contributed by atoms with van der Waals surface area (Å²) in [6.45, 7) is 0.410. The van der Waals surface area contributed by atoms with Crippen molar-refractivity contribution in [3.63, 3.8) is 0 Å². The molecule has 0 unspecified atom stereocenters. The van der Waals surface area contributed by atoms with Crippen molar-refractivity contribution in [1.82, 2.24) is 10.3 Å². The smallest absolute Gasteiger partial charge is 0.289 e. The van der Waals surface area contributed by atoms with Crippen LogP contribution in [0.2, 0.25) is 5.02 Å². The summed E-state index contributed by atoms with van der Waals surface area (Å²) in [5, 5.41) is 25.2. The van der Waals surface area contributed by atoms with E-state index in [1.165, 1.54) is 18.3 Å². The monoisotopic (exact) mass is 357 g/mol. The highest BCUT2D eigenvalue weighted by Crippen LogP contribution is 2.27. The van der Waals surface area contributed by atoms with E-state index in [-0.39, 0.29) is 22.0 Å². The van der Waals surface area contributed by atoms with E-state index in [2.05, 4.69) is 15.6 Å². The second-order valence-electron chi connectivity index (χ2n) is 4.78. The first-order chi connectivity index (χ1) is 12.0. The van der Waals surface area contributed by atoms with Gasteiger partial charge in [-0.15, -0.1) is 0 Å². The molecule has 0 radical (unpaired) electrons. The van der Waals surface area contributed by atoms with Crippen LogP contribution >= 0.6 is 11.6 Å². The number of anilines is 1. The Labute approximate surface area is 147 Å². The molecule has 2 aromatic rings. The lowest BCUT2D eigenvalue weighted by Crippen LogP contribution is -2.16. The highest BCUT2D eigenvalue weighted by molar-refractivity contribution is 6.32. The maximum Gasteiger partial charge on any atom is 0.289 e. The number of nitro groups is 1. The van der Waals surface area contributed by atoms with E-state index < -0.39 is 10.8 Å². The molecule has 0 aliphatic heterocycles. The molecule has 8 nitrogen and oxygen atoms in total. The van der Waals surface area contributed by atoms with Gasteiger partial charge in [-0.3, -0.25) is 19.9 Å². The van der Waals surface area contributed by atoms with E-state index in [0.717, 1.165) is 11.6 Å². The van der Waals surface area contributed by atoms with Gasteiger partial charge in [0.15, 0.2) is 0 Å². The molecular weight excluding hydrogens is 346 g/mol. The molecule has 1 amide bonds. The zero-order valence-corrected chi connectivity index (χ0v) is 13.5. The van der Waals surface area contributed by atoms with Gasteiger partial charge < -0.3 is 10.6 Å². The number of nitrogens with one attached hydrogen (secondary N) is 2. The zero-order chi connectivity index (χ0) is 18.2. The molecule has 0 saturated heterocycles. The van der Waals surface area contributed by atoms with E-state index >= 15 is 0 Å². The molecule has 1 heterocycles. The molecule has 1 aromatic heterocycles. The van der Waals surface area contributed by atoms with Crippen LogP contribution < -0.4 is 10.6 Å². The van der Waals surface area contributed by atoms with E-state index in [1.54, 1.807) is 30.6 Å². The van der Waals surface area contributed by atoms with Crippen molar-refractivity contribution in [1.29, 1.82) is 5.26 Å². The average Bonchev–Trinajstić information content (AvgIpc) is 2.61. The van der Waals surface area contributed by atoms with Gasteiger partial charge in [0.2, 0.25) is 0 Å². The van der Waals surface area contributed by atoms with Crippen molar-refractivity contribution in [2.24, 2.45) is 0 Å². The first kappa shape index (κ1) is 17.9. The Morgan fingerprint density at radius 3 is 2.72 bits per heavy atom. The third kappa shape index (κ3) is 5.02. The summed E-state index contributed by atoms with van der Waals surface area (Å²) in [4.78, 5) is 26.2. The van der Waals surface area contributed by atoms with E-state index in [4.69, 9.17) is 16.9 Å². The highest BCUT2D eigenvalue weighted by Gasteiger charge is 2.15. The fourth-order valence-corrected chi connectivity index (χ4v) is 2.04. The minimum Gasteiger partial charge on any atom is -0.386 e. The van der Waals surface area contributed by atoms with Crippen LogP contribution in [-0.4, -0.2) is 15.8 Å². The fraction of sp³-hybridized carbons (Fsp3) is 0.0625. The van der Waals surface area contributed by atoms with E-state index in [1.807, 2.05) is 0 Å². The summed E-state index contributed by atoms with van der Waals surface area (Å²) in [5.41, 5.74) is 0.582. The average molecular weight is 358 g/mol. The second-order valence-corrected chi connectivity index (χ2v) is 5.19. The maximum absolute atomic E-state index is 12.1. The van der Waals surface area contributed by atoms with E-state index in [9.17, 15) is 14.9 Å². The van der Waals surface area contributed by atoms with Crippen LogP contribution in [-0.2, 0) is 11.3 Å². The standard InChI is InChI=1S/C16H12ClN5O3/c17-14-2-1-13(7-15(14)22(24)25)21-16(23)12(8-18)10-20-9-11-3-5-19-6-4-11/h1-7,10,20H,9H2,(H,21,23)/b12-10-. The van der Waals surface area contributed by atoms with Crippen LogP contribution in [0.3, 0.4) is 0 Å². The summed E-state index contributed by atoms with van der Waals surface area (Å²) in [6, 6.07) is 9.19. The van der Waals surface area contributed by atoms with Crippen LogP contribution in [0.5, 0.6) is 0 Å². The van der Waals surface area contributed by atoms with Crippen LogP contribution in [0.1, 0.15) is 5.56 Å². The number of rotatable bonds is 6. The highest BCUT2D eigenvalue weighted by atomic mass is 35.5. The SMILES string of the molecule is N#C/C(=C/NCc1ccncc1)C(=O)Nc1ccc(Cl)c([N+](=O)[O-])c1. The lowest BCUT2D eigenvalue weighted by atomic mass is 10.2. The summed E-state index contributed by atoms with van der Waals surface area (Å²) >= 11 is 5.71. The molecule has 0 spiro atoms. The normalized spacial score (nSPS) is 10.6. The van der Waals surface area contributed by atoms with Crippen molar-refractivity contribution < 1.29 is 9.72 Å². The molecule has 126 valence electrons. The molecule has 9 heteroatoms. The van der Waals surface area contributed by atoms with Gasteiger partial charge in [0.05, 0.1) is 4.92 Å². The van der Waals surface area contributed by atoms with Crippen molar-refractivity contribution in [2.75, 3.05) is 5.32 Å². The van der Waals surface area contributed by atoms with Gasteiger partial charge in [-0.1, -0.05) is 11.6 Å². The molecule has 2 N–H and O–H groups in total. The Kier molecular flexibility index (Phi) is 6.03. The third-order valence-corrected chi connectivity index (χ3v) is 3.39. The number of amides is 1. The van der Waals surface area contributed by atoms with Crippen LogP contribution in [0.15, 0.2) is 54.5 Å². The van der Waals surface area contributed by atoms with E-state index in [0.29, 0.717) is 6.54 Å². The number of hydrogen-bond acceptors (Lipinski definition) is 6. The Bertz CT molecular complexity index is 862. The number of nitrogens with zero attached hydrogens (tertiary/aromatic N) is 3. The number of halogens is 1. The van der Waals surface area contributed by atoms with Gasteiger partial charge in [-0.2, -0.15) is 5.26 Å². The summed E-state index contributed by atoms with van der Waals surface area (Å²) in [6.07, 6.45) is 4.54. The molecule has 0 bridgehead atoms. The topological polar surface area (TPSA) is 121 Å². The number of carbonyl (C=O) groups is 1. The molecule has 0 aliphatic carbocycles. The predicted molar refractivity (Wildman–Crippen MR) is 91.5 cm³/mol. The summed E-state index contributed by atoms with van der Waals surface area (Å²) in [7, 11) is 0. The van der Waals surface area contributed by atoms with Crippen molar-refractivity contribution in [2.45, 2.75) is 6.54 Å². The molecule has 0 fully saturated rings. The molecular formula is C16H12ClN5O3. The first-order valence-corrected chi connectivity index (χ1v) is 7.37. The second kappa shape index (κ2) is 8.42. The molecule has 25 heavy (non-hydrogen) atoms. The number of nitro benzene ring substituents is 1. The number of nitriles is 1. The predicted octanol–water partition coefficient (Wildman–Crippen LogP) is 2.78. The first-order valence-electron chi connectivity index (χ1n) is 6.99. The van der Waals surface area contributed by atoms with Gasteiger partial charge in [-0.25, -0.2) is 0 Å². The Hall–Kier alpha value is -3.44. The number of benzene rings is 1. The van der Waals surface area contributed by atoms with Gasteiger partial charge in [0.1, 0.15) is 16.7 Å². The largest absolute Gasteiger partial charge is 0.386 e. The Morgan fingerprint density at radius 2 is 2.08 bits per heavy atom. The van der Waals surface area contributed by atoms with Crippen molar-refractivity contribution >= 4 is 28.9 Å². The van der Waals surface area contributed by atoms with Crippen molar-refractivity contribution in [3.05, 3.63) is 75.2 Å². The zero-order valence-electron chi connectivity index (χ0n) is 12.8. The minimum atomic E-state index is -0.693. The molecule has 1 aromatic carbocycles. The lowest BCUT2D eigenvalue weighted by Gasteiger charge is -2.06. The van der Waals surface area contributed by atoms with Crippen LogP contribution in [0, 0.1) is 21.4 Å². The van der Waals surface area contributed by atoms with Gasteiger partial charge in [0.25, 0.3) is 11.6 Å². The van der Waals surface area contributed by atoms with Crippen LogP contribution in [0.25, 0.3) is 0 Å². The third-order valence-electron chi connectivity index (χ3n) is 3.07. The summed E-state index contributed by atoms with van der Waals surface area (Å²) in [5.74, 6) is -0.693. The van der Waals surface area contributed by atoms with Crippen molar-refractivity contribution in [3.8, 4) is 6.07 Å².